The first-order chi connectivity index (χ1) is 2.45. The molecule has 108 valence electrons. The Morgan fingerprint density at radius 3 is 0.385 bits per heavy atom. The molecule has 13 heavy (non-hydrogen) atoms. The van der Waals surface area contributed by atoms with Gasteiger partial charge in [-0.25, -0.2) is 0 Å². The van der Waals surface area contributed by atoms with E-state index in [1.807, 2.05) is 0 Å². The summed E-state index contributed by atoms with van der Waals surface area (Å²) < 4.78 is 52.0. The van der Waals surface area contributed by atoms with E-state index in [9.17, 15) is 0 Å². The Hall–Kier alpha value is 4.99. The Labute approximate surface area is 169 Å². The molecule has 0 saturated heterocycles. The van der Waals surface area contributed by atoms with Gasteiger partial charge in [-0.15, -0.1) is 0 Å². The molecule has 13 heteroatoms. The van der Waals surface area contributed by atoms with Crippen molar-refractivity contribution in [2.24, 2.45) is 0 Å². The van der Waals surface area contributed by atoms with Gasteiger partial charge in [0.2, 0.25) is 0 Å². The summed E-state index contributed by atoms with van der Waals surface area (Å²) in [6.07, 6.45) is 0. The second-order valence-corrected chi connectivity index (χ2v) is 6.85. The van der Waals surface area contributed by atoms with E-state index in [4.69, 9.17) is 20.8 Å². The van der Waals surface area contributed by atoms with Crippen molar-refractivity contribution in [2.75, 3.05) is 0 Å². The standard InChI is InChI=1S/6Ag.H6O6Te/c;;;;;;1-7(2,3,4,5)6/h;;;;;;1-6H/q6*+1;/p-6. The summed E-state index contributed by atoms with van der Waals surface area (Å²) in [7, 11) is 0. The summed E-state index contributed by atoms with van der Waals surface area (Å²) in [5, 5.41) is 0. The molecule has 0 aromatic carbocycles. The summed E-state index contributed by atoms with van der Waals surface area (Å²) in [6.45, 7) is 0. The Morgan fingerprint density at radius 1 is 0.385 bits per heavy atom. The summed E-state index contributed by atoms with van der Waals surface area (Å²) >= 11 is -9.68. The zero-order valence-corrected chi connectivity index (χ0v) is 15.9. The van der Waals surface area contributed by atoms with Crippen LogP contribution in [0, 0.1) is 0 Å². The van der Waals surface area contributed by atoms with Crippen LogP contribution in [-0.4, -0.2) is 17.9 Å². The SMILES string of the molecule is [Ag+].[Ag+].[Ag+].[Ag+].[Ag+].[Ag+].[O-][Te]([O-])([O-])([O-])([O-])[O-]. The first-order valence-corrected chi connectivity index (χ1v) is 6.71. The number of rotatable bonds is 0. The van der Waals surface area contributed by atoms with Crippen LogP contribution in [0.15, 0.2) is 0 Å². The fourth-order valence-corrected chi connectivity index (χ4v) is 0. The Kier molecular flexibility index (Phi) is 36.0. The minimum atomic E-state index is -9.68. The molecule has 0 radical (unpaired) electrons. The quantitative estimate of drug-likeness (QED) is 0.222. The van der Waals surface area contributed by atoms with Crippen LogP contribution in [0.3, 0.4) is 0 Å². The fourth-order valence-electron chi connectivity index (χ4n) is 0. The van der Waals surface area contributed by atoms with Gasteiger partial charge in [-0.2, -0.15) is 0 Å². The van der Waals surface area contributed by atoms with Crippen LogP contribution in [0.25, 0.3) is 0 Å². The Bertz CT molecular complexity index is 75.7. The molecule has 0 N–H and O–H groups in total. The van der Waals surface area contributed by atoms with E-state index in [1.54, 1.807) is 0 Å². The zero-order valence-electron chi connectivity index (χ0n) is 4.67. The Morgan fingerprint density at radius 2 is 0.385 bits per heavy atom. The van der Waals surface area contributed by atoms with Gasteiger partial charge >= 0.3 is 173 Å². The summed E-state index contributed by atoms with van der Waals surface area (Å²) in [5.74, 6) is 0. The molecule has 0 aromatic heterocycles. The maximum absolute atomic E-state index is 9.68. The van der Waals surface area contributed by atoms with E-state index in [1.165, 1.54) is 0 Å². The molecule has 0 fully saturated rings. The molecular weight excluding hydrogens is 871 g/mol. The van der Waals surface area contributed by atoms with Crippen molar-refractivity contribution in [3.05, 3.63) is 0 Å². The fraction of sp³-hybridized carbons (Fsp3) is 0. The van der Waals surface area contributed by atoms with Crippen molar-refractivity contribution in [3.63, 3.8) is 0 Å². The topological polar surface area (TPSA) is 138 Å². The molecule has 0 rings (SSSR count). The number of hydrogen-bond donors (Lipinski definition) is 0. The van der Waals surface area contributed by atoms with Gasteiger partial charge < -0.3 is 0 Å². The van der Waals surface area contributed by atoms with E-state index < -0.39 is 17.9 Å². The van der Waals surface area contributed by atoms with Gasteiger partial charge in [-0.1, -0.05) is 0 Å². The van der Waals surface area contributed by atoms with Crippen molar-refractivity contribution >= 4 is 17.9 Å². The molecule has 0 aliphatic rings. The average Bonchev–Trinajstić information content (AvgIpc) is 0.592. The predicted octanol–water partition coefficient (Wildman–Crippen LogP) is -7.53. The first kappa shape index (κ1) is 43.0. The van der Waals surface area contributed by atoms with Crippen LogP contribution in [0.1, 0.15) is 0 Å². The molecule has 0 saturated carbocycles. The van der Waals surface area contributed by atoms with Gasteiger partial charge in [0.25, 0.3) is 0 Å². The molecule has 0 spiro atoms. The molecule has 0 aliphatic heterocycles. The van der Waals surface area contributed by atoms with Gasteiger partial charge in [0.15, 0.2) is 0 Å². The predicted molar refractivity (Wildman–Crippen MR) is 5.75 cm³/mol. The third-order valence-corrected chi connectivity index (χ3v) is 0. The van der Waals surface area contributed by atoms with Crippen LogP contribution < -0.4 is 20.8 Å². The van der Waals surface area contributed by atoms with E-state index in [-0.39, 0.29) is 134 Å². The monoisotopic (exact) mass is 867 g/mol. The van der Waals surface area contributed by atoms with Crippen molar-refractivity contribution in [3.8, 4) is 0 Å². The van der Waals surface area contributed by atoms with Gasteiger partial charge in [0, 0.05) is 0 Å². The maximum atomic E-state index is 8.67. The van der Waals surface area contributed by atoms with E-state index in [0.717, 1.165) is 0 Å². The van der Waals surface area contributed by atoms with Crippen LogP contribution in [0.5, 0.6) is 0 Å². The molecule has 0 bridgehead atoms. The zero-order chi connectivity index (χ0) is 6.41. The second-order valence-electron chi connectivity index (χ2n) is 1.02. The molecule has 6 nitrogen and oxygen atoms in total. The molecule has 0 amide bonds. The van der Waals surface area contributed by atoms with Crippen molar-refractivity contribution in [1.82, 2.24) is 0 Å². The van der Waals surface area contributed by atoms with Crippen molar-refractivity contribution < 1.29 is 155 Å². The van der Waals surface area contributed by atoms with Crippen LogP contribution in [-0.2, 0) is 134 Å². The van der Waals surface area contributed by atoms with Crippen LogP contribution in [0.2, 0.25) is 0 Å². The molecule has 0 atom stereocenters. The third-order valence-electron chi connectivity index (χ3n) is 0. The number of hydrogen-bond acceptors (Lipinski definition) is 6. The first-order valence-electron chi connectivity index (χ1n) is 1.00. The summed E-state index contributed by atoms with van der Waals surface area (Å²) in [5.41, 5.74) is 0. The third kappa shape index (κ3) is 153. The Balaban J connectivity index is -0.0000000120. The van der Waals surface area contributed by atoms with Crippen LogP contribution >= 0.6 is 0 Å². The minimum absolute atomic E-state index is 0. The molecular formula is Ag6O6Te. The van der Waals surface area contributed by atoms with Crippen LogP contribution in [0.4, 0.5) is 0 Å². The van der Waals surface area contributed by atoms with Crippen molar-refractivity contribution in [2.45, 2.75) is 0 Å². The summed E-state index contributed by atoms with van der Waals surface area (Å²) in [4.78, 5) is 0. The normalized spacial score (nSPS) is 12.5. The second kappa shape index (κ2) is 10.9. The average molecular weight is 871 g/mol. The van der Waals surface area contributed by atoms with E-state index in [0.29, 0.717) is 0 Å². The van der Waals surface area contributed by atoms with Gasteiger partial charge in [-0.05, 0) is 0 Å². The van der Waals surface area contributed by atoms with Crippen molar-refractivity contribution in [1.29, 1.82) is 0 Å². The molecule has 0 aliphatic carbocycles. The molecule has 0 unspecified atom stereocenters. The summed E-state index contributed by atoms with van der Waals surface area (Å²) in [6, 6.07) is 0. The van der Waals surface area contributed by atoms with E-state index >= 15 is 0 Å². The molecule has 0 aromatic rings. The van der Waals surface area contributed by atoms with E-state index in [2.05, 4.69) is 0 Å². The molecule has 0 heterocycles. The van der Waals surface area contributed by atoms with Gasteiger partial charge in [-0.3, -0.25) is 0 Å². The van der Waals surface area contributed by atoms with Gasteiger partial charge in [0.05, 0.1) is 0 Å². The van der Waals surface area contributed by atoms with Gasteiger partial charge in [0.1, 0.15) is 0 Å².